The number of para-hydroxylation sites is 1. The minimum atomic E-state index is -3.84. The zero-order valence-corrected chi connectivity index (χ0v) is 33.5. The Morgan fingerprint density at radius 2 is 1.58 bits per heavy atom. The topological polar surface area (TPSA) is 165 Å². The highest BCUT2D eigenvalue weighted by Gasteiger charge is 2.43. The van der Waals surface area contributed by atoms with Crippen LogP contribution in [0.25, 0.3) is 0 Å². The van der Waals surface area contributed by atoms with E-state index < -0.39 is 62.4 Å². The molecule has 0 fully saturated rings. The predicted molar refractivity (Wildman–Crippen MR) is 211 cm³/mol. The first-order valence-electron chi connectivity index (χ1n) is 17.9. The molecule has 1 aliphatic rings. The van der Waals surface area contributed by atoms with Gasteiger partial charge in [0.1, 0.15) is 17.5 Å². The molecule has 0 radical (unpaired) electrons. The maximum absolute atomic E-state index is 14.5. The molecule has 14 heteroatoms. The van der Waals surface area contributed by atoms with E-state index in [1.54, 1.807) is 30.3 Å². The Kier molecular flexibility index (Phi) is 15.1. The van der Waals surface area contributed by atoms with Crippen molar-refractivity contribution >= 4 is 61.9 Å². The van der Waals surface area contributed by atoms with Gasteiger partial charge in [0.15, 0.2) is 22.0 Å². The number of aliphatic carboxylic acids is 1. The van der Waals surface area contributed by atoms with Crippen molar-refractivity contribution in [3.63, 3.8) is 0 Å². The summed E-state index contributed by atoms with van der Waals surface area (Å²) in [6.07, 6.45) is 7.26. The minimum Gasteiger partial charge on any atom is -0.616 e. The van der Waals surface area contributed by atoms with Crippen LogP contribution >= 0.6 is 11.8 Å². The number of carboxylic acid groups (broad SMARTS) is 1. The van der Waals surface area contributed by atoms with Crippen molar-refractivity contribution in [3.8, 4) is 5.75 Å². The minimum absolute atomic E-state index is 0.0126. The zero-order chi connectivity index (χ0) is 38.8. The summed E-state index contributed by atoms with van der Waals surface area (Å²) in [7, 11) is -3.84. The summed E-state index contributed by atoms with van der Waals surface area (Å²) in [4.78, 5) is 41.9. The van der Waals surface area contributed by atoms with Crippen molar-refractivity contribution in [3.05, 3.63) is 78.4 Å². The number of hydrogen-bond acceptors (Lipinski definition) is 9. The predicted octanol–water partition coefficient (Wildman–Crippen LogP) is 6.27. The van der Waals surface area contributed by atoms with Gasteiger partial charge in [-0.3, -0.25) is 9.59 Å². The lowest BCUT2D eigenvalue weighted by molar-refractivity contribution is -0.141. The lowest BCUT2D eigenvalue weighted by atomic mass is 9.79. The highest BCUT2D eigenvalue weighted by molar-refractivity contribution is 7.98. The summed E-state index contributed by atoms with van der Waals surface area (Å²) >= 11 is -0.153. The van der Waals surface area contributed by atoms with Gasteiger partial charge >= 0.3 is 5.97 Å². The van der Waals surface area contributed by atoms with Crippen molar-refractivity contribution in [2.24, 2.45) is 5.41 Å². The second-order valence-electron chi connectivity index (χ2n) is 13.6. The standard InChI is InChI=1S/C39H51N3O8S3/c1-6-8-20-39(21-9-7-2)25-42(29-18-14-11-15-19-29)31-22-33(51-4)32(23-34(31)53(48,49)26-39)50-27(3)36(43)41-35(28-16-12-10-13-17-28)37(44)40-30(38(45)46)24-52(5)47/h10-19,22-23,27,30,35H,6-9,20-21,24-26H2,1-5H3,(H,40,44)(H,41,43)(H,45,46)/t27?,30?,35-,52?/m1/s1. The summed E-state index contributed by atoms with van der Waals surface area (Å²) in [5, 5.41) is 14.7. The Bertz CT molecular complexity index is 1800. The summed E-state index contributed by atoms with van der Waals surface area (Å²) in [6.45, 7) is 6.27. The van der Waals surface area contributed by atoms with Crippen molar-refractivity contribution in [1.82, 2.24) is 10.6 Å². The number of amides is 2. The molecule has 0 saturated carbocycles. The van der Waals surface area contributed by atoms with E-state index in [-0.39, 0.29) is 22.2 Å². The molecule has 4 rings (SSSR count). The number of benzene rings is 3. The van der Waals surface area contributed by atoms with Gasteiger partial charge in [-0.2, -0.15) is 0 Å². The molecule has 288 valence electrons. The molecule has 0 aromatic heterocycles. The molecule has 4 atom stereocenters. The maximum Gasteiger partial charge on any atom is 0.331 e. The van der Waals surface area contributed by atoms with Crippen LogP contribution in [0.15, 0.2) is 82.6 Å². The number of fused-ring (bicyclic) bond motifs is 1. The average molecular weight is 786 g/mol. The van der Waals surface area contributed by atoms with Gasteiger partial charge in [-0.05, 0) is 49.8 Å². The molecule has 1 heterocycles. The first kappa shape index (κ1) is 42.0. The second-order valence-corrected chi connectivity index (χ2v) is 17.9. The number of carbonyl (C=O) groups is 3. The van der Waals surface area contributed by atoms with Crippen LogP contribution in [0.3, 0.4) is 0 Å². The van der Waals surface area contributed by atoms with E-state index in [1.165, 1.54) is 31.0 Å². The third-order valence-corrected chi connectivity index (χ3v) is 13.0. The average Bonchev–Trinajstić information content (AvgIpc) is 3.23. The molecule has 0 aliphatic carbocycles. The lowest BCUT2D eigenvalue weighted by Gasteiger charge is -2.37. The van der Waals surface area contributed by atoms with Gasteiger partial charge in [0.2, 0.25) is 5.91 Å². The van der Waals surface area contributed by atoms with Crippen LogP contribution < -0.4 is 20.3 Å². The number of hydrogen-bond donors (Lipinski definition) is 3. The zero-order valence-electron chi connectivity index (χ0n) is 31.0. The SMILES string of the molecule is CCCCC1(CCCC)CN(c2ccccc2)c2cc(SC)c(OC(C)C(=O)N[C@@H](C(=O)NC(C[S+](C)[O-])C(=O)O)c3ccccc3)cc2S(=O)(=O)C1. The molecule has 3 N–H and O–H groups in total. The van der Waals surface area contributed by atoms with Crippen molar-refractivity contribution in [2.75, 3.05) is 35.5 Å². The van der Waals surface area contributed by atoms with E-state index in [0.29, 0.717) is 22.7 Å². The first-order valence-corrected chi connectivity index (χ1v) is 22.5. The number of rotatable bonds is 18. The van der Waals surface area contributed by atoms with Crippen LogP contribution in [-0.4, -0.2) is 78.6 Å². The van der Waals surface area contributed by atoms with Crippen LogP contribution in [0, 0.1) is 5.41 Å². The summed E-state index contributed by atoms with van der Waals surface area (Å²) in [6, 6.07) is 18.7. The number of carboxylic acids is 1. The van der Waals surface area contributed by atoms with Gasteiger partial charge in [-0.25, -0.2) is 13.2 Å². The highest BCUT2D eigenvalue weighted by Crippen LogP contribution is 2.48. The molecule has 2 amide bonds. The van der Waals surface area contributed by atoms with Crippen LogP contribution in [0.5, 0.6) is 5.75 Å². The molecule has 0 saturated heterocycles. The van der Waals surface area contributed by atoms with Crippen molar-refractivity contribution in [1.29, 1.82) is 0 Å². The monoisotopic (exact) mass is 785 g/mol. The number of thioether (sulfide) groups is 1. The fraction of sp³-hybridized carbons (Fsp3) is 0.462. The van der Waals surface area contributed by atoms with E-state index in [2.05, 4.69) is 29.4 Å². The first-order chi connectivity index (χ1) is 25.2. The third kappa shape index (κ3) is 10.9. The number of unbranched alkanes of at least 4 members (excludes halogenated alkanes) is 2. The molecule has 53 heavy (non-hydrogen) atoms. The highest BCUT2D eigenvalue weighted by atomic mass is 32.2. The van der Waals surface area contributed by atoms with E-state index in [0.717, 1.165) is 44.2 Å². The van der Waals surface area contributed by atoms with Crippen LogP contribution in [0.2, 0.25) is 0 Å². The summed E-state index contributed by atoms with van der Waals surface area (Å²) in [5.74, 6) is -2.96. The van der Waals surface area contributed by atoms with Crippen molar-refractivity contribution < 1.29 is 37.2 Å². The van der Waals surface area contributed by atoms with Gasteiger partial charge in [0.05, 0.1) is 27.5 Å². The Hall–Kier alpha value is -3.72. The quantitative estimate of drug-likeness (QED) is 0.0989. The summed E-state index contributed by atoms with van der Waals surface area (Å²) < 4.78 is 47.0. The fourth-order valence-corrected chi connectivity index (χ4v) is 10.0. The van der Waals surface area contributed by atoms with Crippen molar-refractivity contribution in [2.45, 2.75) is 87.3 Å². The van der Waals surface area contributed by atoms with E-state index >= 15 is 0 Å². The van der Waals surface area contributed by atoms with E-state index in [1.807, 2.05) is 42.7 Å². The number of anilines is 2. The molecular formula is C39H51N3O8S3. The number of ether oxygens (including phenoxy) is 1. The Morgan fingerprint density at radius 1 is 0.981 bits per heavy atom. The van der Waals surface area contributed by atoms with Crippen LogP contribution in [0.4, 0.5) is 11.4 Å². The number of sulfone groups is 1. The van der Waals surface area contributed by atoms with Crippen LogP contribution in [0.1, 0.15) is 70.9 Å². The van der Waals surface area contributed by atoms with Crippen LogP contribution in [-0.2, 0) is 35.4 Å². The van der Waals surface area contributed by atoms with Gasteiger partial charge in [-0.1, -0.05) is 99.2 Å². The molecule has 3 aromatic carbocycles. The summed E-state index contributed by atoms with van der Waals surface area (Å²) in [5.41, 5.74) is 1.36. The molecular weight excluding hydrogens is 735 g/mol. The Balaban J connectivity index is 1.71. The molecule has 0 spiro atoms. The Morgan fingerprint density at radius 3 is 2.13 bits per heavy atom. The molecule has 0 bridgehead atoms. The van der Waals surface area contributed by atoms with E-state index in [9.17, 15) is 32.5 Å². The molecule has 1 aliphatic heterocycles. The smallest absolute Gasteiger partial charge is 0.331 e. The van der Waals surface area contributed by atoms with Gasteiger partial charge in [0, 0.05) is 23.7 Å². The molecule has 11 nitrogen and oxygen atoms in total. The Labute approximate surface area is 320 Å². The number of carbonyl (C=O) groups excluding carboxylic acids is 2. The molecule has 3 unspecified atom stereocenters. The second kappa shape index (κ2) is 19.0. The van der Waals surface area contributed by atoms with Gasteiger partial charge in [0.25, 0.3) is 5.91 Å². The number of nitrogens with one attached hydrogen (secondary N) is 2. The fourth-order valence-electron chi connectivity index (χ4n) is 6.67. The van der Waals surface area contributed by atoms with E-state index in [4.69, 9.17) is 4.74 Å². The lowest BCUT2D eigenvalue weighted by Crippen LogP contribution is -2.51. The number of nitrogens with zero attached hydrogens (tertiary/aromatic N) is 1. The largest absolute Gasteiger partial charge is 0.616 e. The third-order valence-electron chi connectivity index (χ3n) is 9.42. The normalized spacial score (nSPS) is 17.0. The van der Waals surface area contributed by atoms with Gasteiger partial charge < -0.3 is 29.9 Å². The maximum atomic E-state index is 14.5. The molecule has 3 aromatic rings. The van der Waals surface area contributed by atoms with Gasteiger partial charge in [-0.15, -0.1) is 11.8 Å².